The van der Waals surface area contributed by atoms with E-state index in [1.165, 1.54) is 64.2 Å². The highest BCUT2D eigenvalue weighted by atomic mass is 16.6. The number of esters is 3. The summed E-state index contributed by atoms with van der Waals surface area (Å²) in [6, 6.07) is -1.39. The first-order valence-electron chi connectivity index (χ1n) is 16.7. The normalized spacial score (nSPS) is 12.3. The lowest BCUT2D eigenvalue weighted by Gasteiger charge is -2.20. The largest absolute Gasteiger partial charge is 0.481 e. The Morgan fingerprint density at radius 3 is 1.47 bits per heavy atom. The summed E-state index contributed by atoms with van der Waals surface area (Å²) < 4.78 is 16.0. The van der Waals surface area contributed by atoms with E-state index in [1.54, 1.807) is 0 Å². The first kappa shape index (κ1) is 40.4. The summed E-state index contributed by atoms with van der Waals surface area (Å²) in [6.07, 6.45) is 18.8. The Balaban J connectivity index is 4.66. The second kappa shape index (κ2) is 28.1. The predicted molar refractivity (Wildman–Crippen MR) is 165 cm³/mol. The van der Waals surface area contributed by atoms with Crippen molar-refractivity contribution in [1.29, 1.82) is 0 Å². The van der Waals surface area contributed by atoms with Gasteiger partial charge in [0.1, 0.15) is 19.3 Å². The number of hydrogen-bond donors (Lipinski definition) is 2. The monoisotopic (exact) mass is 613 g/mol. The highest BCUT2D eigenvalue weighted by Gasteiger charge is 2.26. The SMILES string of the molecule is CCCCCCCCCCCC(=O)OC[C@@H](COC(=O)[C@H](CC(=O)O)NC(C)=O)OC(=O)CCCCCCCCCCC. The minimum Gasteiger partial charge on any atom is -0.481 e. The molecule has 10 nitrogen and oxygen atoms in total. The number of hydrogen-bond acceptors (Lipinski definition) is 8. The van der Waals surface area contributed by atoms with Crippen molar-refractivity contribution < 1.29 is 43.3 Å². The van der Waals surface area contributed by atoms with Crippen LogP contribution in [0.15, 0.2) is 0 Å². The summed E-state index contributed by atoms with van der Waals surface area (Å²) in [7, 11) is 0. The fourth-order valence-electron chi connectivity index (χ4n) is 4.67. The number of amides is 1. The molecule has 0 rings (SSSR count). The number of carboxylic acid groups (broad SMARTS) is 1. The Bertz CT molecular complexity index is 755. The molecule has 0 saturated heterocycles. The second-order valence-corrected chi connectivity index (χ2v) is 11.4. The topological polar surface area (TPSA) is 145 Å². The van der Waals surface area contributed by atoms with E-state index in [4.69, 9.17) is 19.3 Å². The lowest BCUT2D eigenvalue weighted by molar-refractivity contribution is -0.168. The molecule has 0 aliphatic rings. The molecule has 0 aromatic rings. The number of aliphatic carboxylic acids is 1. The third kappa shape index (κ3) is 26.7. The van der Waals surface area contributed by atoms with Gasteiger partial charge in [0, 0.05) is 19.8 Å². The van der Waals surface area contributed by atoms with Crippen molar-refractivity contribution in [3.05, 3.63) is 0 Å². The number of carboxylic acids is 1. The molecule has 0 saturated carbocycles. The first-order chi connectivity index (χ1) is 20.7. The van der Waals surface area contributed by atoms with Crippen LogP contribution in [0.3, 0.4) is 0 Å². The third-order valence-corrected chi connectivity index (χ3v) is 7.15. The van der Waals surface area contributed by atoms with Gasteiger partial charge in [0.25, 0.3) is 0 Å². The molecular formula is C33H59NO9. The summed E-state index contributed by atoms with van der Waals surface area (Å²) in [5, 5.41) is 11.3. The fourth-order valence-corrected chi connectivity index (χ4v) is 4.67. The Hall–Kier alpha value is -2.65. The van der Waals surface area contributed by atoms with Gasteiger partial charge in [0.05, 0.1) is 6.42 Å². The molecule has 1 amide bonds. The number of ether oxygens (including phenoxy) is 3. The van der Waals surface area contributed by atoms with Crippen molar-refractivity contribution in [1.82, 2.24) is 5.32 Å². The van der Waals surface area contributed by atoms with Crippen LogP contribution in [0, 0.1) is 0 Å². The van der Waals surface area contributed by atoms with Crippen LogP contribution in [0.2, 0.25) is 0 Å². The maximum atomic E-state index is 12.5. The molecule has 0 fully saturated rings. The molecule has 0 aromatic heterocycles. The van der Waals surface area contributed by atoms with Crippen LogP contribution in [-0.4, -0.2) is 60.3 Å². The molecule has 2 atom stereocenters. The van der Waals surface area contributed by atoms with Gasteiger partial charge >= 0.3 is 23.9 Å². The summed E-state index contributed by atoms with van der Waals surface area (Å²) in [5.41, 5.74) is 0. The van der Waals surface area contributed by atoms with Crippen LogP contribution in [0.4, 0.5) is 0 Å². The van der Waals surface area contributed by atoms with Crippen LogP contribution in [0.5, 0.6) is 0 Å². The minimum absolute atomic E-state index is 0.195. The van der Waals surface area contributed by atoms with E-state index in [0.29, 0.717) is 12.8 Å². The standard InChI is InChI=1S/C33H59NO9/c1-4-6-8-10-12-14-16-18-20-22-31(38)41-25-28(26-42-33(40)29(24-30(36)37)34-27(3)35)43-32(39)23-21-19-17-15-13-11-9-7-5-2/h28-29H,4-26H2,1-3H3,(H,34,35)(H,36,37)/t28-,29-/m0/s1. The van der Waals surface area contributed by atoms with Crippen molar-refractivity contribution in [3.8, 4) is 0 Å². The van der Waals surface area contributed by atoms with Gasteiger partial charge in [-0.3, -0.25) is 19.2 Å². The first-order valence-corrected chi connectivity index (χ1v) is 16.7. The summed E-state index contributed by atoms with van der Waals surface area (Å²) in [5.74, 6) is -3.75. The summed E-state index contributed by atoms with van der Waals surface area (Å²) in [4.78, 5) is 59.7. The van der Waals surface area contributed by atoms with Crippen molar-refractivity contribution in [3.63, 3.8) is 0 Å². The van der Waals surface area contributed by atoms with Gasteiger partial charge in [-0.2, -0.15) is 0 Å². The lowest BCUT2D eigenvalue weighted by Crippen LogP contribution is -2.43. The Kier molecular flexibility index (Phi) is 26.4. The quantitative estimate of drug-likeness (QED) is 0.0528. The molecule has 0 heterocycles. The molecule has 10 heteroatoms. The fraction of sp³-hybridized carbons (Fsp3) is 0.848. The predicted octanol–water partition coefficient (Wildman–Crippen LogP) is 6.81. The van der Waals surface area contributed by atoms with Gasteiger partial charge in [0.2, 0.25) is 5.91 Å². The molecule has 0 aliphatic heterocycles. The average molecular weight is 614 g/mol. The van der Waals surface area contributed by atoms with Crippen molar-refractivity contribution in [2.24, 2.45) is 0 Å². The zero-order valence-corrected chi connectivity index (χ0v) is 27.1. The molecule has 43 heavy (non-hydrogen) atoms. The number of rotatable bonds is 29. The average Bonchev–Trinajstić information content (AvgIpc) is 2.95. The molecule has 0 unspecified atom stereocenters. The van der Waals surface area contributed by atoms with E-state index in [2.05, 4.69) is 19.2 Å². The number of nitrogens with one attached hydrogen (secondary N) is 1. The number of carbonyl (C=O) groups excluding carboxylic acids is 4. The molecule has 250 valence electrons. The lowest BCUT2D eigenvalue weighted by atomic mass is 10.1. The van der Waals surface area contributed by atoms with Gasteiger partial charge in [-0.1, -0.05) is 117 Å². The zero-order valence-electron chi connectivity index (χ0n) is 27.1. The van der Waals surface area contributed by atoms with Gasteiger partial charge in [-0.05, 0) is 12.8 Å². The van der Waals surface area contributed by atoms with E-state index < -0.39 is 55.0 Å². The van der Waals surface area contributed by atoms with Crippen LogP contribution in [0.1, 0.15) is 156 Å². The van der Waals surface area contributed by atoms with E-state index in [1.807, 2.05) is 0 Å². The molecule has 0 spiro atoms. The van der Waals surface area contributed by atoms with Crippen LogP contribution >= 0.6 is 0 Å². The maximum absolute atomic E-state index is 12.5. The smallest absolute Gasteiger partial charge is 0.329 e. The molecule has 0 aromatic carbocycles. The maximum Gasteiger partial charge on any atom is 0.329 e. The molecule has 2 N–H and O–H groups in total. The van der Waals surface area contributed by atoms with Crippen molar-refractivity contribution in [2.45, 2.75) is 168 Å². The van der Waals surface area contributed by atoms with Gasteiger partial charge in [-0.15, -0.1) is 0 Å². The van der Waals surface area contributed by atoms with Crippen molar-refractivity contribution in [2.75, 3.05) is 13.2 Å². The minimum atomic E-state index is -1.39. The molecular weight excluding hydrogens is 554 g/mol. The summed E-state index contributed by atoms with van der Waals surface area (Å²) >= 11 is 0. The third-order valence-electron chi connectivity index (χ3n) is 7.15. The van der Waals surface area contributed by atoms with E-state index >= 15 is 0 Å². The molecule has 0 aliphatic carbocycles. The highest BCUT2D eigenvalue weighted by molar-refractivity contribution is 5.86. The second-order valence-electron chi connectivity index (χ2n) is 11.4. The molecule has 0 bridgehead atoms. The molecule has 0 radical (unpaired) electrons. The number of carbonyl (C=O) groups is 5. The van der Waals surface area contributed by atoms with E-state index in [0.717, 1.165) is 45.4 Å². The van der Waals surface area contributed by atoms with Crippen LogP contribution < -0.4 is 5.32 Å². The Labute approximate surface area is 259 Å². The summed E-state index contributed by atoms with van der Waals surface area (Å²) in [6.45, 7) is 4.84. The van der Waals surface area contributed by atoms with Crippen LogP contribution in [0.25, 0.3) is 0 Å². The Morgan fingerprint density at radius 1 is 0.605 bits per heavy atom. The zero-order chi connectivity index (χ0) is 32.1. The number of unbranched alkanes of at least 4 members (excludes halogenated alkanes) is 16. The van der Waals surface area contributed by atoms with E-state index in [9.17, 15) is 24.0 Å². The van der Waals surface area contributed by atoms with Crippen LogP contribution in [-0.2, 0) is 38.2 Å². The van der Waals surface area contributed by atoms with E-state index in [-0.39, 0.29) is 19.4 Å². The van der Waals surface area contributed by atoms with Gasteiger partial charge < -0.3 is 24.6 Å². The highest BCUT2D eigenvalue weighted by Crippen LogP contribution is 2.13. The van der Waals surface area contributed by atoms with Gasteiger partial charge in [0.15, 0.2) is 6.10 Å². The Morgan fingerprint density at radius 2 is 1.02 bits per heavy atom. The van der Waals surface area contributed by atoms with Crippen molar-refractivity contribution >= 4 is 29.8 Å². The van der Waals surface area contributed by atoms with Gasteiger partial charge in [-0.25, -0.2) is 4.79 Å².